The molecule has 0 radical (unpaired) electrons. The van der Waals surface area contributed by atoms with Crippen molar-refractivity contribution in [1.82, 2.24) is 0 Å². The van der Waals surface area contributed by atoms with Crippen LogP contribution in [0.25, 0.3) is 0 Å². The van der Waals surface area contributed by atoms with Crippen molar-refractivity contribution < 1.29 is 0 Å². The molecule has 0 saturated carbocycles. The second kappa shape index (κ2) is 19.3. The van der Waals surface area contributed by atoms with Gasteiger partial charge in [0.25, 0.3) is 0 Å². The first-order chi connectivity index (χ1) is 11.0. The summed E-state index contributed by atoms with van der Waals surface area (Å²) < 4.78 is 0. The standard InChI is InChI=1S/3C8H18/c1-7(2)5-6-8(3)4;1-5-8(4)6-7(2)3;1-5-6-8(4)7(2)3/h3*7-8H,5-6H2,1-4H3. The van der Waals surface area contributed by atoms with Gasteiger partial charge in [-0.15, -0.1) is 0 Å². The zero-order valence-electron chi connectivity index (χ0n) is 19.7. The van der Waals surface area contributed by atoms with Crippen LogP contribution < -0.4 is 0 Å². The van der Waals surface area contributed by atoms with E-state index in [9.17, 15) is 0 Å². The van der Waals surface area contributed by atoms with Gasteiger partial charge in [0.15, 0.2) is 0 Å². The molecule has 0 fully saturated rings. The molecule has 0 bridgehead atoms. The van der Waals surface area contributed by atoms with Gasteiger partial charge in [-0.3, -0.25) is 0 Å². The van der Waals surface area contributed by atoms with Gasteiger partial charge < -0.3 is 0 Å². The molecule has 0 rings (SSSR count). The highest BCUT2D eigenvalue weighted by Gasteiger charge is 2.03. The minimum atomic E-state index is 0.870. The van der Waals surface area contributed by atoms with Gasteiger partial charge in [0.05, 0.1) is 0 Å². The smallest absolute Gasteiger partial charge is 0.0420 e. The lowest BCUT2D eigenvalue weighted by atomic mass is 9.94. The molecule has 0 aliphatic rings. The first-order valence-electron chi connectivity index (χ1n) is 11.0. The van der Waals surface area contributed by atoms with E-state index in [1.807, 2.05) is 0 Å². The van der Waals surface area contributed by atoms with Gasteiger partial charge in [-0.1, -0.05) is 115 Å². The first kappa shape index (κ1) is 28.8. The van der Waals surface area contributed by atoms with Gasteiger partial charge in [-0.05, 0) is 41.9 Å². The molecule has 0 N–H and O–H groups in total. The molecule has 0 nitrogen and oxygen atoms in total. The molecule has 0 spiro atoms. The van der Waals surface area contributed by atoms with Gasteiger partial charge in [-0.25, -0.2) is 0 Å². The molecule has 2 atom stereocenters. The quantitative estimate of drug-likeness (QED) is 0.391. The zero-order chi connectivity index (χ0) is 19.7. The molecule has 0 aliphatic carbocycles. The summed E-state index contributed by atoms with van der Waals surface area (Å²) in [5.41, 5.74) is 0. The molecule has 0 heteroatoms. The van der Waals surface area contributed by atoms with Crippen LogP contribution in [0.15, 0.2) is 0 Å². The minimum absolute atomic E-state index is 0.870. The van der Waals surface area contributed by atoms with Gasteiger partial charge in [0.2, 0.25) is 0 Å². The third kappa shape index (κ3) is 29.9. The molecule has 0 aromatic carbocycles. The van der Waals surface area contributed by atoms with Crippen LogP contribution in [0.1, 0.15) is 122 Å². The van der Waals surface area contributed by atoms with E-state index < -0.39 is 0 Å². The molecule has 0 heterocycles. The largest absolute Gasteiger partial charge is 0.0654 e. The molecule has 24 heavy (non-hydrogen) atoms. The Balaban J connectivity index is -0.000000276. The molecule has 0 aromatic rings. The summed E-state index contributed by atoms with van der Waals surface area (Å²) in [4.78, 5) is 0. The van der Waals surface area contributed by atoms with Crippen LogP contribution in [-0.2, 0) is 0 Å². The van der Waals surface area contributed by atoms with Crippen LogP contribution in [0, 0.1) is 35.5 Å². The van der Waals surface area contributed by atoms with E-state index >= 15 is 0 Å². The zero-order valence-corrected chi connectivity index (χ0v) is 19.7. The fourth-order valence-corrected chi connectivity index (χ4v) is 2.43. The van der Waals surface area contributed by atoms with Gasteiger partial charge >= 0.3 is 0 Å². The molecular weight excluding hydrogens is 288 g/mol. The van der Waals surface area contributed by atoms with Crippen LogP contribution in [0.2, 0.25) is 0 Å². The average molecular weight is 343 g/mol. The highest BCUT2D eigenvalue weighted by atomic mass is 14.1. The maximum atomic E-state index is 2.33. The van der Waals surface area contributed by atoms with Crippen molar-refractivity contribution in [3.8, 4) is 0 Å². The van der Waals surface area contributed by atoms with E-state index in [1.165, 1.54) is 38.5 Å². The van der Waals surface area contributed by atoms with E-state index in [1.54, 1.807) is 0 Å². The van der Waals surface area contributed by atoms with Crippen molar-refractivity contribution >= 4 is 0 Å². The third-order valence-electron chi connectivity index (χ3n) is 4.77. The summed E-state index contributed by atoms with van der Waals surface area (Å²) in [6, 6.07) is 0. The van der Waals surface area contributed by atoms with Gasteiger partial charge in [-0.2, -0.15) is 0 Å². The number of hydrogen-bond donors (Lipinski definition) is 0. The Bertz CT molecular complexity index is 204. The Morgan fingerprint density at radius 2 is 0.958 bits per heavy atom. The van der Waals surface area contributed by atoms with Gasteiger partial charge in [0.1, 0.15) is 0 Å². The predicted octanol–water partition coefficient (Wildman–Crippen LogP) is 9.24. The first-order valence-corrected chi connectivity index (χ1v) is 11.0. The predicted molar refractivity (Wildman–Crippen MR) is 117 cm³/mol. The van der Waals surface area contributed by atoms with E-state index in [2.05, 4.69) is 83.1 Å². The van der Waals surface area contributed by atoms with E-state index in [0.717, 1.165) is 35.5 Å². The van der Waals surface area contributed by atoms with Gasteiger partial charge in [0, 0.05) is 0 Å². The normalized spacial score (nSPS) is 13.5. The van der Waals surface area contributed by atoms with E-state index in [0.29, 0.717) is 0 Å². The van der Waals surface area contributed by atoms with Crippen LogP contribution >= 0.6 is 0 Å². The Kier molecular flexibility index (Phi) is 23.2. The third-order valence-corrected chi connectivity index (χ3v) is 4.77. The minimum Gasteiger partial charge on any atom is -0.0654 e. The topological polar surface area (TPSA) is 0 Å². The Morgan fingerprint density at radius 1 is 0.542 bits per heavy atom. The van der Waals surface area contributed by atoms with Crippen molar-refractivity contribution in [2.24, 2.45) is 35.5 Å². The molecular formula is C24H54. The monoisotopic (exact) mass is 342 g/mol. The summed E-state index contributed by atoms with van der Waals surface area (Å²) in [7, 11) is 0. The Morgan fingerprint density at radius 3 is 1.08 bits per heavy atom. The second-order valence-electron chi connectivity index (χ2n) is 9.52. The molecule has 0 saturated heterocycles. The maximum Gasteiger partial charge on any atom is -0.0420 e. The van der Waals surface area contributed by atoms with E-state index in [-0.39, 0.29) is 0 Å². The van der Waals surface area contributed by atoms with Crippen molar-refractivity contribution in [3.63, 3.8) is 0 Å². The van der Waals surface area contributed by atoms with Crippen molar-refractivity contribution in [3.05, 3.63) is 0 Å². The van der Waals surface area contributed by atoms with Crippen LogP contribution in [0.5, 0.6) is 0 Å². The van der Waals surface area contributed by atoms with Crippen molar-refractivity contribution in [2.75, 3.05) is 0 Å². The lowest BCUT2D eigenvalue weighted by Crippen LogP contribution is -2.02. The highest BCUT2D eigenvalue weighted by molar-refractivity contribution is 4.54. The summed E-state index contributed by atoms with van der Waals surface area (Å²) in [6.45, 7) is 27.4. The second-order valence-corrected chi connectivity index (χ2v) is 9.52. The SMILES string of the molecule is CC(C)CCC(C)C.CCC(C)CC(C)C.CCCC(C)C(C)C. The summed E-state index contributed by atoms with van der Waals surface area (Å²) >= 11 is 0. The lowest BCUT2D eigenvalue weighted by molar-refractivity contribution is 0.389. The molecule has 0 amide bonds. The van der Waals surface area contributed by atoms with Crippen LogP contribution in [0.3, 0.4) is 0 Å². The van der Waals surface area contributed by atoms with E-state index in [4.69, 9.17) is 0 Å². The Labute approximate surface area is 157 Å². The van der Waals surface area contributed by atoms with Crippen LogP contribution in [-0.4, -0.2) is 0 Å². The summed E-state index contributed by atoms with van der Waals surface area (Å²) in [6.07, 6.45) is 8.21. The lowest BCUT2D eigenvalue weighted by Gasteiger charge is -2.12. The molecule has 0 aromatic heterocycles. The van der Waals surface area contributed by atoms with Crippen molar-refractivity contribution in [2.45, 2.75) is 122 Å². The Hall–Kier alpha value is 0. The maximum absolute atomic E-state index is 2.33. The number of rotatable bonds is 9. The average Bonchev–Trinajstić information content (AvgIpc) is 2.45. The summed E-state index contributed by atoms with van der Waals surface area (Å²) in [5.74, 6) is 5.37. The van der Waals surface area contributed by atoms with Crippen LogP contribution in [0.4, 0.5) is 0 Å². The molecule has 0 aliphatic heterocycles. The molecule has 150 valence electrons. The van der Waals surface area contributed by atoms with Crippen molar-refractivity contribution in [1.29, 1.82) is 0 Å². The highest BCUT2D eigenvalue weighted by Crippen LogP contribution is 2.15. The molecule has 2 unspecified atom stereocenters. The summed E-state index contributed by atoms with van der Waals surface area (Å²) in [5, 5.41) is 0. The fraction of sp³-hybridized carbons (Fsp3) is 1.00. The fourth-order valence-electron chi connectivity index (χ4n) is 2.43. The number of hydrogen-bond acceptors (Lipinski definition) is 0.